The van der Waals surface area contributed by atoms with E-state index in [4.69, 9.17) is 4.42 Å². The maximum atomic E-state index is 11.8. The van der Waals surface area contributed by atoms with Crippen LogP contribution in [-0.4, -0.2) is 18.0 Å². The fraction of sp³-hybridized carbons (Fsp3) is 0.188. The standard InChI is InChI=1S/C16H17N3O3/c1-10-4-5-11(2)14(8-10)18-15(20)16(21)19-17-9-13-7-6-12(3)22-13/h4-9H,1-3H3,(H,18,20)(H,19,21). The Hall–Kier alpha value is -2.89. The van der Waals surface area contributed by atoms with Crippen LogP contribution >= 0.6 is 0 Å². The molecule has 0 aliphatic carbocycles. The van der Waals surface area contributed by atoms with Crippen LogP contribution in [0.1, 0.15) is 22.6 Å². The summed E-state index contributed by atoms with van der Waals surface area (Å²) in [5.41, 5.74) is 4.62. The monoisotopic (exact) mass is 299 g/mol. The Balaban J connectivity index is 1.93. The normalized spacial score (nSPS) is 10.7. The fourth-order valence-electron chi connectivity index (χ4n) is 1.78. The summed E-state index contributed by atoms with van der Waals surface area (Å²) in [6, 6.07) is 9.09. The first-order valence-electron chi connectivity index (χ1n) is 6.74. The number of furan rings is 1. The number of nitrogens with one attached hydrogen (secondary N) is 2. The second-order valence-electron chi connectivity index (χ2n) is 4.92. The molecule has 6 nitrogen and oxygen atoms in total. The zero-order valence-corrected chi connectivity index (χ0v) is 12.6. The molecule has 0 bridgehead atoms. The third-order valence-corrected chi connectivity index (χ3v) is 2.97. The molecule has 0 fully saturated rings. The van der Waals surface area contributed by atoms with Gasteiger partial charge in [0.2, 0.25) is 0 Å². The molecule has 0 atom stereocenters. The number of hydrogen-bond acceptors (Lipinski definition) is 4. The van der Waals surface area contributed by atoms with Crippen LogP contribution in [0.2, 0.25) is 0 Å². The van der Waals surface area contributed by atoms with Gasteiger partial charge in [0, 0.05) is 5.69 Å². The molecule has 0 saturated heterocycles. The first-order chi connectivity index (χ1) is 10.5. The van der Waals surface area contributed by atoms with Gasteiger partial charge in [-0.3, -0.25) is 9.59 Å². The Bertz CT molecular complexity index is 732. The van der Waals surface area contributed by atoms with Gasteiger partial charge >= 0.3 is 11.8 Å². The maximum absolute atomic E-state index is 11.8. The van der Waals surface area contributed by atoms with Crippen LogP contribution in [-0.2, 0) is 9.59 Å². The van der Waals surface area contributed by atoms with E-state index in [0.29, 0.717) is 11.4 Å². The number of anilines is 1. The first-order valence-corrected chi connectivity index (χ1v) is 6.74. The van der Waals surface area contributed by atoms with Crippen molar-refractivity contribution in [1.29, 1.82) is 0 Å². The quantitative estimate of drug-likeness (QED) is 0.518. The van der Waals surface area contributed by atoms with Gasteiger partial charge in [-0.2, -0.15) is 5.10 Å². The highest BCUT2D eigenvalue weighted by Gasteiger charge is 2.14. The summed E-state index contributed by atoms with van der Waals surface area (Å²) in [5, 5.41) is 6.23. The zero-order valence-electron chi connectivity index (χ0n) is 12.6. The summed E-state index contributed by atoms with van der Waals surface area (Å²) in [5.74, 6) is -0.393. The number of hydrazone groups is 1. The molecule has 22 heavy (non-hydrogen) atoms. The summed E-state index contributed by atoms with van der Waals surface area (Å²) in [4.78, 5) is 23.5. The molecular weight excluding hydrogens is 282 g/mol. The van der Waals surface area contributed by atoms with E-state index in [1.807, 2.05) is 26.0 Å². The summed E-state index contributed by atoms with van der Waals surface area (Å²) in [6.45, 7) is 5.56. The second-order valence-corrected chi connectivity index (χ2v) is 4.92. The molecule has 0 radical (unpaired) electrons. The lowest BCUT2D eigenvalue weighted by Gasteiger charge is -2.08. The molecule has 1 heterocycles. The molecule has 2 N–H and O–H groups in total. The SMILES string of the molecule is Cc1ccc(C)c(NC(=O)C(=O)NN=Cc2ccc(C)o2)c1. The number of nitrogens with zero attached hydrogens (tertiary/aromatic N) is 1. The molecule has 1 aromatic heterocycles. The van der Waals surface area contributed by atoms with E-state index in [0.717, 1.165) is 16.9 Å². The lowest BCUT2D eigenvalue weighted by molar-refractivity contribution is -0.136. The van der Waals surface area contributed by atoms with Gasteiger partial charge in [-0.1, -0.05) is 12.1 Å². The second kappa shape index (κ2) is 6.71. The van der Waals surface area contributed by atoms with Crippen molar-refractivity contribution in [3.63, 3.8) is 0 Å². The van der Waals surface area contributed by atoms with Crippen LogP contribution in [0.25, 0.3) is 0 Å². The number of amides is 2. The Kier molecular flexibility index (Phi) is 4.73. The van der Waals surface area contributed by atoms with Gasteiger partial charge in [-0.05, 0) is 50.1 Å². The van der Waals surface area contributed by atoms with Gasteiger partial charge in [0.1, 0.15) is 11.5 Å². The van der Waals surface area contributed by atoms with Gasteiger partial charge in [-0.15, -0.1) is 0 Å². The van der Waals surface area contributed by atoms with E-state index >= 15 is 0 Å². The first kappa shape index (κ1) is 15.5. The lowest BCUT2D eigenvalue weighted by atomic mass is 10.1. The molecule has 2 aromatic rings. The van der Waals surface area contributed by atoms with Crippen molar-refractivity contribution < 1.29 is 14.0 Å². The number of aryl methyl sites for hydroxylation is 3. The molecule has 6 heteroatoms. The fourth-order valence-corrected chi connectivity index (χ4v) is 1.78. The van der Waals surface area contributed by atoms with Crippen molar-refractivity contribution in [3.8, 4) is 0 Å². The number of carbonyl (C=O) groups is 2. The van der Waals surface area contributed by atoms with Crippen molar-refractivity contribution in [1.82, 2.24) is 5.43 Å². The van der Waals surface area contributed by atoms with Gasteiger partial charge in [0.25, 0.3) is 0 Å². The Labute approximate surface area is 128 Å². The largest absolute Gasteiger partial charge is 0.460 e. The molecule has 2 rings (SSSR count). The predicted molar refractivity (Wildman–Crippen MR) is 83.7 cm³/mol. The Morgan fingerprint density at radius 1 is 1.09 bits per heavy atom. The molecule has 114 valence electrons. The van der Waals surface area contributed by atoms with Crippen molar-refractivity contribution in [2.24, 2.45) is 5.10 Å². The van der Waals surface area contributed by atoms with Gasteiger partial charge in [0.05, 0.1) is 6.21 Å². The van der Waals surface area contributed by atoms with Gasteiger partial charge < -0.3 is 9.73 Å². The third-order valence-electron chi connectivity index (χ3n) is 2.97. The van der Waals surface area contributed by atoms with Crippen molar-refractivity contribution >= 4 is 23.7 Å². The van der Waals surface area contributed by atoms with E-state index in [1.165, 1.54) is 6.21 Å². The van der Waals surface area contributed by atoms with Crippen LogP contribution < -0.4 is 10.7 Å². The number of carbonyl (C=O) groups excluding carboxylic acids is 2. The topological polar surface area (TPSA) is 83.7 Å². The highest BCUT2D eigenvalue weighted by Crippen LogP contribution is 2.16. The summed E-state index contributed by atoms with van der Waals surface area (Å²) in [6.07, 6.45) is 1.33. The zero-order chi connectivity index (χ0) is 16.1. The summed E-state index contributed by atoms with van der Waals surface area (Å²) >= 11 is 0. The van der Waals surface area contributed by atoms with Crippen LogP contribution in [0.15, 0.2) is 39.9 Å². The van der Waals surface area contributed by atoms with E-state index < -0.39 is 11.8 Å². The number of rotatable bonds is 3. The lowest BCUT2D eigenvalue weighted by Crippen LogP contribution is -2.32. The van der Waals surface area contributed by atoms with E-state index in [9.17, 15) is 9.59 Å². The minimum absolute atomic E-state index is 0.493. The average molecular weight is 299 g/mol. The third kappa shape index (κ3) is 4.05. The minimum Gasteiger partial charge on any atom is -0.460 e. The molecule has 0 unspecified atom stereocenters. The number of hydrogen-bond donors (Lipinski definition) is 2. The summed E-state index contributed by atoms with van der Waals surface area (Å²) in [7, 11) is 0. The van der Waals surface area contributed by atoms with Crippen LogP contribution in [0, 0.1) is 20.8 Å². The predicted octanol–water partition coefficient (Wildman–Crippen LogP) is 2.29. The van der Waals surface area contributed by atoms with E-state index in [1.54, 1.807) is 25.1 Å². The molecule has 0 spiro atoms. The summed E-state index contributed by atoms with van der Waals surface area (Å²) < 4.78 is 5.25. The van der Waals surface area contributed by atoms with Crippen molar-refractivity contribution in [3.05, 3.63) is 53.0 Å². The molecule has 2 amide bonds. The van der Waals surface area contributed by atoms with E-state index in [2.05, 4.69) is 15.8 Å². The van der Waals surface area contributed by atoms with Crippen LogP contribution in [0.4, 0.5) is 5.69 Å². The van der Waals surface area contributed by atoms with Crippen LogP contribution in [0.3, 0.4) is 0 Å². The molecular formula is C16H17N3O3. The van der Waals surface area contributed by atoms with Gasteiger partial charge in [-0.25, -0.2) is 5.43 Å². The van der Waals surface area contributed by atoms with Crippen molar-refractivity contribution in [2.75, 3.05) is 5.32 Å². The molecule has 0 aliphatic rings. The number of benzene rings is 1. The Morgan fingerprint density at radius 2 is 1.86 bits per heavy atom. The van der Waals surface area contributed by atoms with E-state index in [-0.39, 0.29) is 0 Å². The Morgan fingerprint density at radius 3 is 2.55 bits per heavy atom. The van der Waals surface area contributed by atoms with Gasteiger partial charge in [0.15, 0.2) is 0 Å². The maximum Gasteiger partial charge on any atom is 0.329 e. The smallest absolute Gasteiger partial charge is 0.329 e. The molecule has 0 aliphatic heterocycles. The minimum atomic E-state index is -0.847. The van der Waals surface area contributed by atoms with Crippen molar-refractivity contribution in [2.45, 2.75) is 20.8 Å². The highest BCUT2D eigenvalue weighted by atomic mass is 16.3. The molecule has 1 aromatic carbocycles. The average Bonchev–Trinajstić information content (AvgIpc) is 2.88. The highest BCUT2D eigenvalue weighted by molar-refractivity contribution is 6.39. The molecule has 0 saturated carbocycles. The van der Waals surface area contributed by atoms with Crippen LogP contribution in [0.5, 0.6) is 0 Å².